The van der Waals surface area contributed by atoms with Crippen molar-refractivity contribution in [3.63, 3.8) is 0 Å². The second kappa shape index (κ2) is 5.27. The van der Waals surface area contributed by atoms with Crippen LogP contribution in [-0.4, -0.2) is 0 Å². The van der Waals surface area contributed by atoms with Gasteiger partial charge in [0.1, 0.15) is 0 Å². The Morgan fingerprint density at radius 3 is 2.41 bits per heavy atom. The van der Waals surface area contributed by atoms with Crippen LogP contribution in [0.1, 0.15) is 22.9 Å². The van der Waals surface area contributed by atoms with Crippen molar-refractivity contribution in [3.8, 4) is 6.07 Å². The predicted octanol–water partition coefficient (Wildman–Crippen LogP) is 3.81. The van der Waals surface area contributed by atoms with Crippen molar-refractivity contribution in [1.82, 2.24) is 0 Å². The Labute approximate surface area is 100 Å². The first kappa shape index (κ1) is 11.3. The number of benzene rings is 2. The molecule has 0 amide bonds. The molecule has 0 aromatic heterocycles. The lowest BCUT2D eigenvalue weighted by molar-refractivity contribution is 0.402. The van der Waals surface area contributed by atoms with Crippen LogP contribution < -0.4 is 0 Å². The lowest BCUT2D eigenvalue weighted by atomic mass is 10.0. The number of halogens is 1. The fourth-order valence-corrected chi connectivity index (χ4v) is 1.77. The molecule has 0 radical (unpaired) electrons. The molecule has 0 N–H and O–H groups in total. The molecular weight excluding hydrogens is 213 g/mol. The lowest BCUT2D eigenvalue weighted by Gasteiger charge is -2.09. The smallest absolute Gasteiger partial charge is 0.150 e. The van der Waals surface area contributed by atoms with Gasteiger partial charge in [-0.3, -0.25) is 0 Å². The van der Waals surface area contributed by atoms with E-state index < -0.39 is 6.17 Å². The zero-order chi connectivity index (χ0) is 12.1. The Bertz CT molecular complexity index is 528. The normalized spacial score (nSPS) is 11.8. The van der Waals surface area contributed by atoms with Gasteiger partial charge in [-0.25, -0.2) is 4.39 Å². The van der Waals surface area contributed by atoms with E-state index in [1.807, 2.05) is 24.3 Å². The van der Waals surface area contributed by atoms with E-state index in [1.165, 1.54) is 0 Å². The third-order valence-corrected chi connectivity index (χ3v) is 2.62. The van der Waals surface area contributed by atoms with Gasteiger partial charge in [0.25, 0.3) is 0 Å². The quantitative estimate of drug-likeness (QED) is 0.779. The van der Waals surface area contributed by atoms with Gasteiger partial charge in [-0.2, -0.15) is 5.26 Å². The van der Waals surface area contributed by atoms with E-state index in [-0.39, 0.29) is 0 Å². The van der Waals surface area contributed by atoms with E-state index in [4.69, 9.17) is 5.26 Å². The molecular formula is C15H12FN. The van der Waals surface area contributed by atoms with Crippen LogP contribution in [0.15, 0.2) is 54.6 Å². The second-order valence-electron chi connectivity index (χ2n) is 3.85. The number of rotatable bonds is 3. The molecule has 1 atom stereocenters. The first-order valence-electron chi connectivity index (χ1n) is 5.46. The molecule has 0 aliphatic rings. The summed E-state index contributed by atoms with van der Waals surface area (Å²) >= 11 is 0. The lowest BCUT2D eigenvalue weighted by Crippen LogP contribution is -1.95. The number of nitriles is 1. The molecule has 0 saturated carbocycles. The standard InChI is InChI=1S/C15H12FN/c16-15(13-6-2-1-3-7-13)14-8-4-5-12(11-14)9-10-17/h1-8,11,15H,9H2. The molecule has 0 aliphatic carbocycles. The van der Waals surface area contributed by atoms with Crippen LogP contribution in [0.2, 0.25) is 0 Å². The third kappa shape index (κ3) is 2.70. The van der Waals surface area contributed by atoms with Crippen LogP contribution in [0.5, 0.6) is 0 Å². The Kier molecular flexibility index (Phi) is 3.52. The third-order valence-electron chi connectivity index (χ3n) is 2.62. The summed E-state index contributed by atoms with van der Waals surface area (Å²) in [4.78, 5) is 0. The fraction of sp³-hybridized carbons (Fsp3) is 0.133. The first-order chi connectivity index (χ1) is 8.31. The average molecular weight is 225 g/mol. The highest BCUT2D eigenvalue weighted by molar-refractivity contribution is 5.33. The molecule has 0 fully saturated rings. The number of nitrogens with zero attached hydrogens (tertiary/aromatic N) is 1. The van der Waals surface area contributed by atoms with Crippen molar-refractivity contribution in [2.24, 2.45) is 0 Å². The van der Waals surface area contributed by atoms with Gasteiger partial charge in [-0.1, -0.05) is 54.6 Å². The maximum atomic E-state index is 14.2. The number of alkyl halides is 1. The molecule has 1 nitrogen and oxygen atoms in total. The van der Waals surface area contributed by atoms with E-state index in [0.29, 0.717) is 17.5 Å². The van der Waals surface area contributed by atoms with Crippen molar-refractivity contribution in [2.45, 2.75) is 12.6 Å². The summed E-state index contributed by atoms with van der Waals surface area (Å²) in [6.07, 6.45) is -0.815. The molecule has 84 valence electrons. The zero-order valence-electron chi connectivity index (χ0n) is 9.31. The van der Waals surface area contributed by atoms with E-state index in [0.717, 1.165) is 5.56 Å². The summed E-state index contributed by atoms with van der Waals surface area (Å²) in [5.74, 6) is 0. The molecule has 2 heteroatoms. The van der Waals surface area contributed by atoms with Crippen molar-refractivity contribution in [3.05, 3.63) is 71.3 Å². The fourth-order valence-electron chi connectivity index (χ4n) is 1.77. The minimum absolute atomic E-state index is 0.315. The summed E-state index contributed by atoms with van der Waals surface area (Å²) in [5, 5.41) is 8.62. The molecule has 1 unspecified atom stereocenters. The number of hydrogen-bond donors (Lipinski definition) is 0. The minimum Gasteiger partial charge on any atom is -0.237 e. The van der Waals surface area contributed by atoms with Crippen LogP contribution in [0.25, 0.3) is 0 Å². The molecule has 2 aromatic carbocycles. The highest BCUT2D eigenvalue weighted by atomic mass is 19.1. The van der Waals surface area contributed by atoms with E-state index in [2.05, 4.69) is 6.07 Å². The van der Waals surface area contributed by atoms with Gasteiger partial charge in [-0.05, 0) is 16.7 Å². The molecule has 0 spiro atoms. The van der Waals surface area contributed by atoms with Crippen LogP contribution >= 0.6 is 0 Å². The highest BCUT2D eigenvalue weighted by Gasteiger charge is 2.12. The van der Waals surface area contributed by atoms with Gasteiger partial charge in [0, 0.05) is 0 Å². The minimum atomic E-state index is -1.13. The zero-order valence-corrected chi connectivity index (χ0v) is 9.31. The Balaban J connectivity index is 2.28. The molecule has 0 bridgehead atoms. The second-order valence-corrected chi connectivity index (χ2v) is 3.85. The Hall–Kier alpha value is -2.14. The average Bonchev–Trinajstić information content (AvgIpc) is 2.40. The topological polar surface area (TPSA) is 23.8 Å². The van der Waals surface area contributed by atoms with Gasteiger partial charge in [0.15, 0.2) is 6.17 Å². The molecule has 2 rings (SSSR count). The summed E-state index contributed by atoms with van der Waals surface area (Å²) in [6.45, 7) is 0. The van der Waals surface area contributed by atoms with Gasteiger partial charge in [0.05, 0.1) is 12.5 Å². The maximum absolute atomic E-state index is 14.2. The van der Waals surface area contributed by atoms with Crippen molar-refractivity contribution in [1.29, 1.82) is 5.26 Å². The van der Waals surface area contributed by atoms with E-state index in [9.17, 15) is 4.39 Å². The van der Waals surface area contributed by atoms with Gasteiger partial charge >= 0.3 is 0 Å². The van der Waals surface area contributed by atoms with Crippen LogP contribution in [0, 0.1) is 11.3 Å². The Morgan fingerprint density at radius 2 is 1.71 bits per heavy atom. The van der Waals surface area contributed by atoms with E-state index >= 15 is 0 Å². The monoisotopic (exact) mass is 225 g/mol. The van der Waals surface area contributed by atoms with Crippen LogP contribution in [0.3, 0.4) is 0 Å². The Morgan fingerprint density at radius 1 is 1.00 bits per heavy atom. The molecule has 2 aromatic rings. The van der Waals surface area contributed by atoms with Gasteiger partial charge in [-0.15, -0.1) is 0 Å². The highest BCUT2D eigenvalue weighted by Crippen LogP contribution is 2.26. The van der Waals surface area contributed by atoms with E-state index in [1.54, 1.807) is 30.3 Å². The SMILES string of the molecule is N#CCc1cccc(C(F)c2ccccc2)c1. The number of hydrogen-bond acceptors (Lipinski definition) is 1. The van der Waals surface area contributed by atoms with Gasteiger partial charge < -0.3 is 0 Å². The van der Waals surface area contributed by atoms with Crippen molar-refractivity contribution in [2.75, 3.05) is 0 Å². The maximum Gasteiger partial charge on any atom is 0.150 e. The summed E-state index contributed by atoms with van der Waals surface area (Å²) < 4.78 is 14.2. The van der Waals surface area contributed by atoms with Crippen molar-refractivity contribution < 1.29 is 4.39 Å². The predicted molar refractivity (Wildman–Crippen MR) is 65.2 cm³/mol. The summed E-state index contributed by atoms with van der Waals surface area (Å²) in [7, 11) is 0. The summed E-state index contributed by atoms with van der Waals surface area (Å²) in [6, 6.07) is 18.2. The van der Waals surface area contributed by atoms with Crippen LogP contribution in [-0.2, 0) is 6.42 Å². The molecule has 0 heterocycles. The largest absolute Gasteiger partial charge is 0.237 e. The summed E-state index contributed by atoms with van der Waals surface area (Å²) in [5.41, 5.74) is 2.09. The molecule has 17 heavy (non-hydrogen) atoms. The van der Waals surface area contributed by atoms with Gasteiger partial charge in [0.2, 0.25) is 0 Å². The molecule has 0 aliphatic heterocycles. The van der Waals surface area contributed by atoms with Crippen LogP contribution in [0.4, 0.5) is 4.39 Å². The van der Waals surface area contributed by atoms with Crippen molar-refractivity contribution >= 4 is 0 Å². The molecule has 0 saturated heterocycles. The first-order valence-corrected chi connectivity index (χ1v) is 5.46.